The highest BCUT2D eigenvalue weighted by atomic mass is 32.2. The van der Waals surface area contributed by atoms with Crippen molar-refractivity contribution in [3.8, 4) is 0 Å². The van der Waals surface area contributed by atoms with Crippen molar-refractivity contribution in [1.82, 2.24) is 9.21 Å². The molecule has 2 aromatic rings. The van der Waals surface area contributed by atoms with E-state index in [1.54, 1.807) is 19.2 Å². The van der Waals surface area contributed by atoms with Gasteiger partial charge in [-0.25, -0.2) is 8.42 Å². The van der Waals surface area contributed by atoms with Crippen molar-refractivity contribution in [1.29, 1.82) is 0 Å². The highest BCUT2D eigenvalue weighted by Crippen LogP contribution is 2.21. The van der Waals surface area contributed by atoms with Gasteiger partial charge in [0, 0.05) is 32.2 Å². The van der Waals surface area contributed by atoms with E-state index in [1.165, 1.54) is 16.4 Å². The number of likely N-dealkylation sites (tertiary alicyclic amines) is 1. The standard InChI is InChI=1S/C21H26N2O3S/c1-17-7-6-14-23(15-17)21(24)19-10-12-20(13-11-19)27(25,26)22(2)16-18-8-4-3-5-9-18/h3-5,8-13,17H,6-7,14-16H2,1-2H3. The van der Waals surface area contributed by atoms with Gasteiger partial charge in [-0.1, -0.05) is 37.3 Å². The summed E-state index contributed by atoms with van der Waals surface area (Å²) < 4.78 is 26.9. The summed E-state index contributed by atoms with van der Waals surface area (Å²) in [5.41, 5.74) is 1.46. The lowest BCUT2D eigenvalue weighted by Gasteiger charge is -2.31. The summed E-state index contributed by atoms with van der Waals surface area (Å²) in [6.45, 7) is 3.98. The molecule has 0 N–H and O–H groups in total. The topological polar surface area (TPSA) is 57.7 Å². The van der Waals surface area contributed by atoms with Crippen molar-refractivity contribution in [2.45, 2.75) is 31.2 Å². The normalized spacial score (nSPS) is 17.9. The lowest BCUT2D eigenvalue weighted by molar-refractivity contribution is 0.0683. The Balaban J connectivity index is 1.72. The summed E-state index contributed by atoms with van der Waals surface area (Å²) in [7, 11) is -2.04. The van der Waals surface area contributed by atoms with Crippen LogP contribution in [0.5, 0.6) is 0 Å². The second-order valence-electron chi connectivity index (χ2n) is 7.27. The van der Waals surface area contributed by atoms with E-state index in [0.29, 0.717) is 18.0 Å². The molecule has 2 aromatic carbocycles. The Bertz CT molecular complexity index is 879. The molecular formula is C21H26N2O3S. The minimum atomic E-state index is -3.60. The molecular weight excluding hydrogens is 360 g/mol. The van der Waals surface area contributed by atoms with Crippen LogP contribution >= 0.6 is 0 Å². The van der Waals surface area contributed by atoms with Crippen LogP contribution in [-0.2, 0) is 16.6 Å². The highest BCUT2D eigenvalue weighted by molar-refractivity contribution is 7.89. The third kappa shape index (κ3) is 4.57. The number of hydrogen-bond donors (Lipinski definition) is 0. The number of carbonyl (C=O) groups excluding carboxylic acids is 1. The van der Waals surface area contributed by atoms with Crippen LogP contribution in [0.2, 0.25) is 0 Å². The van der Waals surface area contributed by atoms with Gasteiger partial charge in [-0.2, -0.15) is 4.31 Å². The van der Waals surface area contributed by atoms with Gasteiger partial charge in [0.25, 0.3) is 5.91 Å². The van der Waals surface area contributed by atoms with Crippen molar-refractivity contribution < 1.29 is 13.2 Å². The van der Waals surface area contributed by atoms with E-state index >= 15 is 0 Å². The summed E-state index contributed by atoms with van der Waals surface area (Å²) in [4.78, 5) is 14.7. The van der Waals surface area contributed by atoms with Crippen molar-refractivity contribution in [2.24, 2.45) is 5.92 Å². The van der Waals surface area contributed by atoms with E-state index in [1.807, 2.05) is 35.2 Å². The molecule has 1 aliphatic rings. The average molecular weight is 387 g/mol. The van der Waals surface area contributed by atoms with Crippen LogP contribution in [0.15, 0.2) is 59.5 Å². The minimum absolute atomic E-state index is 0.0249. The van der Waals surface area contributed by atoms with Crippen LogP contribution in [0.3, 0.4) is 0 Å². The molecule has 1 heterocycles. The van der Waals surface area contributed by atoms with Gasteiger partial charge in [-0.15, -0.1) is 0 Å². The number of carbonyl (C=O) groups is 1. The first-order valence-electron chi connectivity index (χ1n) is 9.27. The Kier molecular flexibility index (Phi) is 5.97. The fraction of sp³-hybridized carbons (Fsp3) is 0.381. The number of amides is 1. The molecule has 0 spiro atoms. The maximum atomic E-state index is 12.8. The molecule has 5 nitrogen and oxygen atoms in total. The van der Waals surface area contributed by atoms with E-state index in [4.69, 9.17) is 0 Å². The molecule has 27 heavy (non-hydrogen) atoms. The van der Waals surface area contributed by atoms with Gasteiger partial charge in [-0.3, -0.25) is 4.79 Å². The fourth-order valence-corrected chi connectivity index (χ4v) is 4.59. The van der Waals surface area contributed by atoms with E-state index in [0.717, 1.165) is 31.5 Å². The van der Waals surface area contributed by atoms with Crippen molar-refractivity contribution in [3.63, 3.8) is 0 Å². The van der Waals surface area contributed by atoms with Crippen LogP contribution in [0.1, 0.15) is 35.7 Å². The van der Waals surface area contributed by atoms with Crippen LogP contribution in [-0.4, -0.2) is 43.7 Å². The number of sulfonamides is 1. The number of hydrogen-bond acceptors (Lipinski definition) is 3. The van der Waals surface area contributed by atoms with Gasteiger partial charge < -0.3 is 4.90 Å². The van der Waals surface area contributed by atoms with Gasteiger partial charge in [-0.05, 0) is 48.6 Å². The molecule has 6 heteroatoms. The first-order chi connectivity index (χ1) is 12.9. The molecule has 1 saturated heterocycles. The maximum absolute atomic E-state index is 12.8. The lowest BCUT2D eigenvalue weighted by atomic mass is 9.99. The SMILES string of the molecule is CC1CCCN(C(=O)c2ccc(S(=O)(=O)N(C)Cc3ccccc3)cc2)C1. The predicted molar refractivity (Wildman–Crippen MR) is 106 cm³/mol. The molecule has 1 unspecified atom stereocenters. The largest absolute Gasteiger partial charge is 0.338 e. The first kappa shape index (κ1) is 19.6. The summed E-state index contributed by atoms with van der Waals surface area (Å²) >= 11 is 0. The molecule has 0 aliphatic carbocycles. The lowest BCUT2D eigenvalue weighted by Crippen LogP contribution is -2.39. The molecule has 3 rings (SSSR count). The number of piperidine rings is 1. The third-order valence-electron chi connectivity index (χ3n) is 5.00. The van der Waals surface area contributed by atoms with E-state index in [2.05, 4.69) is 6.92 Å². The van der Waals surface area contributed by atoms with E-state index < -0.39 is 10.0 Å². The van der Waals surface area contributed by atoms with E-state index in [-0.39, 0.29) is 10.8 Å². The van der Waals surface area contributed by atoms with Crippen LogP contribution < -0.4 is 0 Å². The van der Waals surface area contributed by atoms with Gasteiger partial charge in [0.2, 0.25) is 10.0 Å². The zero-order valence-corrected chi connectivity index (χ0v) is 16.7. The number of nitrogens with zero attached hydrogens (tertiary/aromatic N) is 2. The van der Waals surface area contributed by atoms with Crippen LogP contribution in [0.25, 0.3) is 0 Å². The average Bonchev–Trinajstić information content (AvgIpc) is 2.68. The molecule has 1 fully saturated rings. The van der Waals surface area contributed by atoms with Gasteiger partial charge in [0.05, 0.1) is 4.90 Å². The first-order valence-corrected chi connectivity index (χ1v) is 10.7. The zero-order chi connectivity index (χ0) is 19.4. The molecule has 0 aromatic heterocycles. The molecule has 144 valence electrons. The second kappa shape index (κ2) is 8.23. The highest BCUT2D eigenvalue weighted by Gasteiger charge is 2.24. The summed E-state index contributed by atoms with van der Waals surface area (Å²) in [5.74, 6) is 0.483. The number of benzene rings is 2. The van der Waals surface area contributed by atoms with Crippen LogP contribution in [0.4, 0.5) is 0 Å². The molecule has 0 radical (unpaired) electrons. The fourth-order valence-electron chi connectivity index (χ4n) is 3.43. The molecule has 0 bridgehead atoms. The Morgan fingerprint density at radius 1 is 1.11 bits per heavy atom. The second-order valence-corrected chi connectivity index (χ2v) is 9.31. The third-order valence-corrected chi connectivity index (χ3v) is 6.82. The zero-order valence-electron chi connectivity index (χ0n) is 15.8. The Labute approximate surface area is 161 Å². The Morgan fingerprint density at radius 2 is 1.78 bits per heavy atom. The molecule has 1 atom stereocenters. The van der Waals surface area contributed by atoms with Gasteiger partial charge in [0.15, 0.2) is 0 Å². The Morgan fingerprint density at radius 3 is 2.41 bits per heavy atom. The van der Waals surface area contributed by atoms with Gasteiger partial charge in [0.1, 0.15) is 0 Å². The maximum Gasteiger partial charge on any atom is 0.253 e. The van der Waals surface area contributed by atoms with Crippen molar-refractivity contribution in [2.75, 3.05) is 20.1 Å². The predicted octanol–water partition coefficient (Wildman–Crippen LogP) is 3.38. The van der Waals surface area contributed by atoms with Gasteiger partial charge >= 0.3 is 0 Å². The smallest absolute Gasteiger partial charge is 0.253 e. The number of rotatable bonds is 5. The summed E-state index contributed by atoms with van der Waals surface area (Å²) in [6.07, 6.45) is 2.17. The Hall–Kier alpha value is -2.18. The van der Waals surface area contributed by atoms with Crippen molar-refractivity contribution in [3.05, 3.63) is 65.7 Å². The minimum Gasteiger partial charge on any atom is -0.338 e. The van der Waals surface area contributed by atoms with Crippen molar-refractivity contribution >= 4 is 15.9 Å². The summed E-state index contributed by atoms with van der Waals surface area (Å²) in [5, 5.41) is 0. The quantitative estimate of drug-likeness (QED) is 0.792. The van der Waals surface area contributed by atoms with E-state index in [9.17, 15) is 13.2 Å². The van der Waals surface area contributed by atoms with Crippen LogP contribution in [0, 0.1) is 5.92 Å². The summed E-state index contributed by atoms with van der Waals surface area (Å²) in [6, 6.07) is 15.7. The monoisotopic (exact) mass is 386 g/mol. The molecule has 0 saturated carbocycles. The molecule has 1 amide bonds. The molecule has 1 aliphatic heterocycles.